The second-order valence-electron chi connectivity index (χ2n) is 11.8. The maximum absolute atomic E-state index is 14.2. The highest BCUT2D eigenvalue weighted by atomic mass is 19.1. The molecule has 7 nitrogen and oxygen atoms in total. The number of rotatable bonds is 9. The Morgan fingerprint density at radius 2 is 1.55 bits per heavy atom. The highest BCUT2D eigenvalue weighted by Gasteiger charge is 2.46. The standard InChI is InChI=1S/C38H29F2N3O4/c1-47-34-20-26(10-14-41-34)24-4-2-23(3-5-24)22-43-15-11-27-16-28(29-17-31(39)21-32(40)18-29)19-33(35(27)43)36(44)42-38(12-13-38)30-8-6-25(7-9-30)37(45)46/h2-11,14-21H,12-13,22H2,1H3,(H,42,44)(H,45,46). The van der Waals surface area contributed by atoms with Crippen molar-refractivity contribution in [2.45, 2.75) is 24.9 Å². The number of carboxylic acid groups (broad SMARTS) is 1. The number of fused-ring (bicyclic) bond motifs is 1. The van der Waals surface area contributed by atoms with Gasteiger partial charge in [0.15, 0.2) is 0 Å². The molecule has 9 heteroatoms. The van der Waals surface area contributed by atoms with E-state index in [4.69, 9.17) is 4.74 Å². The molecule has 4 aromatic carbocycles. The van der Waals surface area contributed by atoms with Gasteiger partial charge in [0.2, 0.25) is 5.88 Å². The molecule has 1 fully saturated rings. The molecule has 2 heterocycles. The molecular formula is C38H29F2N3O4. The molecule has 1 amide bonds. The van der Waals surface area contributed by atoms with E-state index in [1.165, 1.54) is 24.3 Å². The number of pyridine rings is 1. The van der Waals surface area contributed by atoms with E-state index >= 15 is 0 Å². The molecule has 1 aliphatic rings. The quantitative estimate of drug-likeness (QED) is 0.170. The fraction of sp³-hybridized carbons (Fsp3) is 0.132. The number of carbonyl (C=O) groups is 2. The minimum absolute atomic E-state index is 0.166. The third kappa shape index (κ3) is 5.95. The molecule has 0 atom stereocenters. The molecule has 47 heavy (non-hydrogen) atoms. The molecule has 0 unspecified atom stereocenters. The third-order valence-electron chi connectivity index (χ3n) is 8.67. The summed E-state index contributed by atoms with van der Waals surface area (Å²) in [5.74, 6) is -2.25. The first-order chi connectivity index (χ1) is 22.7. The number of methoxy groups -OCH3 is 1. The molecule has 1 aliphatic carbocycles. The van der Waals surface area contributed by atoms with E-state index in [0.717, 1.165) is 33.7 Å². The Balaban J connectivity index is 1.25. The number of aromatic carboxylic acids is 1. The normalized spacial score (nSPS) is 13.3. The first kappa shape index (κ1) is 29.9. The second-order valence-corrected chi connectivity index (χ2v) is 11.8. The molecule has 7 rings (SSSR count). The van der Waals surface area contributed by atoms with Crippen LogP contribution in [-0.2, 0) is 12.1 Å². The predicted molar refractivity (Wildman–Crippen MR) is 174 cm³/mol. The smallest absolute Gasteiger partial charge is 0.335 e. The first-order valence-corrected chi connectivity index (χ1v) is 15.1. The Hall–Kier alpha value is -5.83. The van der Waals surface area contributed by atoms with Crippen LogP contribution in [0.1, 0.15) is 44.7 Å². The van der Waals surface area contributed by atoms with Crippen molar-refractivity contribution in [2.24, 2.45) is 0 Å². The minimum atomic E-state index is -1.02. The number of nitrogens with one attached hydrogen (secondary N) is 1. The topological polar surface area (TPSA) is 93.5 Å². The van der Waals surface area contributed by atoms with Crippen molar-refractivity contribution < 1.29 is 28.2 Å². The van der Waals surface area contributed by atoms with E-state index in [0.29, 0.717) is 47.5 Å². The van der Waals surface area contributed by atoms with Gasteiger partial charge in [-0.2, -0.15) is 0 Å². The van der Waals surface area contributed by atoms with Crippen LogP contribution in [0, 0.1) is 11.6 Å². The van der Waals surface area contributed by atoms with Crippen molar-refractivity contribution in [1.29, 1.82) is 0 Å². The number of amides is 1. The van der Waals surface area contributed by atoms with Gasteiger partial charge in [-0.15, -0.1) is 0 Å². The van der Waals surface area contributed by atoms with Gasteiger partial charge in [-0.25, -0.2) is 18.6 Å². The lowest BCUT2D eigenvalue weighted by molar-refractivity contribution is 0.0696. The van der Waals surface area contributed by atoms with Crippen LogP contribution in [0.3, 0.4) is 0 Å². The predicted octanol–water partition coefficient (Wildman–Crippen LogP) is 7.82. The summed E-state index contributed by atoms with van der Waals surface area (Å²) < 4.78 is 35.7. The molecule has 0 spiro atoms. The largest absolute Gasteiger partial charge is 0.481 e. The molecule has 0 saturated heterocycles. The highest BCUT2D eigenvalue weighted by Crippen LogP contribution is 2.46. The van der Waals surface area contributed by atoms with E-state index in [1.807, 2.05) is 59.3 Å². The van der Waals surface area contributed by atoms with E-state index < -0.39 is 23.1 Å². The lowest BCUT2D eigenvalue weighted by Gasteiger charge is -2.20. The maximum atomic E-state index is 14.2. The van der Waals surface area contributed by atoms with Gasteiger partial charge in [0.05, 0.1) is 29.3 Å². The Labute approximate surface area is 269 Å². The van der Waals surface area contributed by atoms with Crippen LogP contribution < -0.4 is 10.1 Å². The molecule has 2 aromatic heterocycles. The number of carbonyl (C=O) groups excluding carboxylic acids is 1. The van der Waals surface area contributed by atoms with E-state index in [-0.39, 0.29) is 11.5 Å². The van der Waals surface area contributed by atoms with Gasteiger partial charge < -0.3 is 19.7 Å². The number of hydrogen-bond donors (Lipinski definition) is 2. The minimum Gasteiger partial charge on any atom is -0.481 e. The SMILES string of the molecule is COc1cc(-c2ccc(Cn3ccc4cc(-c5cc(F)cc(F)c5)cc(C(=O)NC5(c6ccc(C(=O)O)cc6)CC5)c43)cc2)ccn1. The molecule has 2 N–H and O–H groups in total. The van der Waals surface area contributed by atoms with E-state index in [9.17, 15) is 23.5 Å². The molecular weight excluding hydrogens is 600 g/mol. The Bertz CT molecular complexity index is 2130. The van der Waals surface area contributed by atoms with Gasteiger partial charge in [-0.05, 0) is 94.8 Å². The van der Waals surface area contributed by atoms with Crippen molar-refractivity contribution in [3.05, 3.63) is 143 Å². The summed E-state index contributed by atoms with van der Waals surface area (Å²) in [7, 11) is 1.58. The van der Waals surface area contributed by atoms with Crippen molar-refractivity contribution >= 4 is 22.8 Å². The van der Waals surface area contributed by atoms with Crippen molar-refractivity contribution in [1.82, 2.24) is 14.9 Å². The zero-order chi connectivity index (χ0) is 32.7. The number of nitrogens with zero attached hydrogens (tertiary/aromatic N) is 2. The van der Waals surface area contributed by atoms with Crippen LogP contribution in [0.15, 0.2) is 109 Å². The fourth-order valence-corrected chi connectivity index (χ4v) is 6.07. The Kier molecular flexibility index (Phi) is 7.52. The Morgan fingerprint density at radius 1 is 0.851 bits per heavy atom. The summed E-state index contributed by atoms with van der Waals surface area (Å²) in [6.07, 6.45) is 4.99. The van der Waals surface area contributed by atoms with E-state index in [1.54, 1.807) is 31.5 Å². The number of carboxylic acids is 1. The molecule has 0 aliphatic heterocycles. The van der Waals surface area contributed by atoms with Crippen molar-refractivity contribution in [2.75, 3.05) is 7.11 Å². The highest BCUT2D eigenvalue weighted by molar-refractivity contribution is 6.08. The molecule has 6 aromatic rings. The monoisotopic (exact) mass is 629 g/mol. The van der Waals surface area contributed by atoms with Crippen molar-refractivity contribution in [3.8, 4) is 28.1 Å². The average Bonchev–Trinajstić information content (AvgIpc) is 3.75. The van der Waals surface area contributed by atoms with Gasteiger partial charge in [0.1, 0.15) is 11.6 Å². The lowest BCUT2D eigenvalue weighted by atomic mass is 9.98. The van der Waals surface area contributed by atoms with Crippen LogP contribution in [0.2, 0.25) is 0 Å². The summed E-state index contributed by atoms with van der Waals surface area (Å²) in [6, 6.07) is 27.1. The van der Waals surface area contributed by atoms with Gasteiger partial charge in [-0.3, -0.25) is 4.79 Å². The molecule has 1 saturated carbocycles. The maximum Gasteiger partial charge on any atom is 0.335 e. The van der Waals surface area contributed by atoms with Crippen LogP contribution >= 0.6 is 0 Å². The van der Waals surface area contributed by atoms with E-state index in [2.05, 4.69) is 10.3 Å². The summed E-state index contributed by atoms with van der Waals surface area (Å²) in [6.45, 7) is 0.472. The third-order valence-corrected chi connectivity index (χ3v) is 8.67. The van der Waals surface area contributed by atoms with Crippen LogP contribution in [0.5, 0.6) is 5.88 Å². The number of benzene rings is 4. The van der Waals surface area contributed by atoms with Gasteiger partial charge in [0.25, 0.3) is 5.91 Å². The molecule has 234 valence electrons. The summed E-state index contributed by atoms with van der Waals surface area (Å²) >= 11 is 0. The van der Waals surface area contributed by atoms with Gasteiger partial charge in [-0.1, -0.05) is 36.4 Å². The second kappa shape index (κ2) is 11.8. The van der Waals surface area contributed by atoms with Crippen molar-refractivity contribution in [3.63, 3.8) is 0 Å². The van der Waals surface area contributed by atoms with Gasteiger partial charge >= 0.3 is 5.97 Å². The summed E-state index contributed by atoms with van der Waals surface area (Å²) in [5.41, 5.74) is 5.20. The van der Waals surface area contributed by atoms with Crippen LogP contribution in [0.4, 0.5) is 8.78 Å². The van der Waals surface area contributed by atoms with Crippen LogP contribution in [0.25, 0.3) is 33.2 Å². The lowest BCUT2D eigenvalue weighted by Crippen LogP contribution is -2.35. The summed E-state index contributed by atoms with van der Waals surface area (Å²) in [4.78, 5) is 29.7. The zero-order valence-corrected chi connectivity index (χ0v) is 25.3. The zero-order valence-electron chi connectivity index (χ0n) is 25.3. The first-order valence-electron chi connectivity index (χ1n) is 15.1. The number of ether oxygens (including phenoxy) is 1. The fourth-order valence-electron chi connectivity index (χ4n) is 6.07. The number of aromatic nitrogens is 2. The average molecular weight is 630 g/mol. The number of halogens is 2. The number of hydrogen-bond acceptors (Lipinski definition) is 4. The molecule has 0 radical (unpaired) electrons. The van der Waals surface area contributed by atoms with Gasteiger partial charge in [0, 0.05) is 36.5 Å². The Morgan fingerprint density at radius 3 is 2.21 bits per heavy atom. The molecule has 0 bridgehead atoms. The summed E-state index contributed by atoms with van der Waals surface area (Å²) in [5, 5.41) is 13.3. The van der Waals surface area contributed by atoms with Crippen LogP contribution in [-0.4, -0.2) is 33.6 Å².